The van der Waals surface area contributed by atoms with Crippen molar-refractivity contribution in [2.75, 3.05) is 18.0 Å². The SMILES string of the molecule is CC(=O)N(c1nc(CN2CCC(n3ccnc3)CC2)cs1)C1CC1. The van der Waals surface area contributed by atoms with Crippen LogP contribution in [0.15, 0.2) is 24.1 Å². The van der Waals surface area contributed by atoms with Crippen molar-refractivity contribution in [3.63, 3.8) is 0 Å². The minimum absolute atomic E-state index is 0.111. The molecule has 1 aliphatic heterocycles. The minimum atomic E-state index is 0.111. The van der Waals surface area contributed by atoms with Crippen molar-refractivity contribution in [1.29, 1.82) is 0 Å². The summed E-state index contributed by atoms with van der Waals surface area (Å²) >= 11 is 1.60. The first kappa shape index (κ1) is 15.8. The van der Waals surface area contributed by atoms with E-state index in [4.69, 9.17) is 4.98 Å². The molecule has 2 fully saturated rings. The van der Waals surface area contributed by atoms with E-state index in [-0.39, 0.29) is 5.91 Å². The van der Waals surface area contributed by atoms with E-state index in [1.54, 1.807) is 18.3 Å². The lowest BCUT2D eigenvalue weighted by molar-refractivity contribution is -0.116. The number of aromatic nitrogens is 3. The molecule has 1 aliphatic carbocycles. The van der Waals surface area contributed by atoms with Gasteiger partial charge < -0.3 is 4.57 Å². The number of piperidine rings is 1. The molecular weight excluding hydrogens is 322 g/mol. The number of carbonyl (C=O) groups is 1. The van der Waals surface area contributed by atoms with Crippen LogP contribution in [-0.2, 0) is 11.3 Å². The van der Waals surface area contributed by atoms with Gasteiger partial charge >= 0.3 is 0 Å². The maximum absolute atomic E-state index is 11.8. The van der Waals surface area contributed by atoms with Crippen molar-refractivity contribution in [1.82, 2.24) is 19.4 Å². The fourth-order valence-electron chi connectivity index (χ4n) is 3.45. The molecule has 1 saturated heterocycles. The molecule has 0 N–H and O–H groups in total. The summed E-state index contributed by atoms with van der Waals surface area (Å²) in [4.78, 5) is 25.1. The Kier molecular flexibility index (Phi) is 4.37. The van der Waals surface area contributed by atoms with Crippen molar-refractivity contribution in [3.05, 3.63) is 29.8 Å². The minimum Gasteiger partial charge on any atom is -0.334 e. The Morgan fingerprint density at radius 2 is 2.12 bits per heavy atom. The Bertz CT molecular complexity index is 686. The van der Waals surface area contributed by atoms with Crippen molar-refractivity contribution in [2.45, 2.75) is 51.2 Å². The summed E-state index contributed by atoms with van der Waals surface area (Å²) in [6.07, 6.45) is 10.3. The normalized spacial score (nSPS) is 19.5. The zero-order chi connectivity index (χ0) is 16.5. The van der Waals surface area contributed by atoms with Crippen LogP contribution in [-0.4, -0.2) is 44.5 Å². The van der Waals surface area contributed by atoms with Gasteiger partial charge in [-0.1, -0.05) is 0 Å². The highest BCUT2D eigenvalue weighted by Crippen LogP contribution is 2.34. The van der Waals surface area contributed by atoms with Crippen LogP contribution in [0.1, 0.15) is 44.3 Å². The van der Waals surface area contributed by atoms with Gasteiger partial charge in [-0.15, -0.1) is 11.3 Å². The number of thiazole rings is 1. The lowest BCUT2D eigenvalue weighted by Crippen LogP contribution is -2.34. The highest BCUT2D eigenvalue weighted by atomic mass is 32.1. The van der Waals surface area contributed by atoms with Crippen LogP contribution in [0.25, 0.3) is 0 Å². The van der Waals surface area contributed by atoms with E-state index in [9.17, 15) is 4.79 Å². The molecule has 2 aromatic heterocycles. The topological polar surface area (TPSA) is 54.3 Å². The quantitative estimate of drug-likeness (QED) is 0.836. The molecule has 0 aromatic carbocycles. The number of anilines is 1. The molecule has 7 heteroatoms. The van der Waals surface area contributed by atoms with E-state index in [0.717, 1.165) is 56.1 Å². The van der Waals surface area contributed by atoms with E-state index in [1.807, 2.05) is 17.4 Å². The summed E-state index contributed by atoms with van der Waals surface area (Å²) in [5.41, 5.74) is 1.09. The lowest BCUT2D eigenvalue weighted by Gasteiger charge is -2.32. The summed E-state index contributed by atoms with van der Waals surface area (Å²) in [5, 5.41) is 2.98. The van der Waals surface area contributed by atoms with Crippen LogP contribution in [0, 0.1) is 0 Å². The van der Waals surface area contributed by atoms with Gasteiger partial charge in [0.2, 0.25) is 5.91 Å². The Hall–Kier alpha value is -1.73. The molecule has 4 rings (SSSR count). The van der Waals surface area contributed by atoms with Crippen molar-refractivity contribution >= 4 is 22.4 Å². The molecular formula is C17H23N5OS. The monoisotopic (exact) mass is 345 g/mol. The second-order valence-electron chi connectivity index (χ2n) is 6.76. The first-order valence-electron chi connectivity index (χ1n) is 8.64. The van der Waals surface area contributed by atoms with Gasteiger partial charge in [-0.25, -0.2) is 9.97 Å². The Balaban J connectivity index is 1.34. The average molecular weight is 345 g/mol. The third-order valence-electron chi connectivity index (χ3n) is 4.89. The molecule has 128 valence electrons. The molecule has 6 nitrogen and oxygen atoms in total. The molecule has 2 aromatic rings. The van der Waals surface area contributed by atoms with E-state index >= 15 is 0 Å². The number of nitrogens with zero attached hydrogens (tertiary/aromatic N) is 5. The van der Waals surface area contributed by atoms with Gasteiger partial charge in [-0.2, -0.15) is 0 Å². The van der Waals surface area contributed by atoms with E-state index in [2.05, 4.69) is 26.0 Å². The lowest BCUT2D eigenvalue weighted by atomic mass is 10.0. The third kappa shape index (κ3) is 3.37. The maximum atomic E-state index is 11.8. The zero-order valence-electron chi connectivity index (χ0n) is 14.0. The molecule has 0 unspecified atom stereocenters. The number of hydrogen-bond donors (Lipinski definition) is 0. The van der Waals surface area contributed by atoms with Crippen LogP contribution in [0.3, 0.4) is 0 Å². The van der Waals surface area contributed by atoms with Crippen LogP contribution >= 0.6 is 11.3 Å². The van der Waals surface area contributed by atoms with Gasteiger partial charge in [-0.05, 0) is 25.7 Å². The molecule has 0 atom stereocenters. The summed E-state index contributed by atoms with van der Waals surface area (Å²) < 4.78 is 2.22. The fourth-order valence-corrected chi connectivity index (χ4v) is 4.38. The molecule has 2 aliphatic rings. The number of carbonyl (C=O) groups excluding carboxylic acids is 1. The average Bonchev–Trinajstić information content (AvgIpc) is 3.07. The molecule has 0 spiro atoms. The van der Waals surface area contributed by atoms with Crippen LogP contribution < -0.4 is 4.90 Å². The van der Waals surface area contributed by atoms with Crippen molar-refractivity contribution < 1.29 is 4.79 Å². The molecule has 1 saturated carbocycles. The van der Waals surface area contributed by atoms with E-state index in [1.165, 1.54) is 0 Å². The van der Waals surface area contributed by atoms with Gasteiger partial charge in [0, 0.05) is 56.4 Å². The van der Waals surface area contributed by atoms with Gasteiger partial charge in [-0.3, -0.25) is 14.6 Å². The highest BCUT2D eigenvalue weighted by Gasteiger charge is 2.33. The van der Waals surface area contributed by atoms with Crippen molar-refractivity contribution in [3.8, 4) is 0 Å². The molecule has 0 radical (unpaired) electrons. The Labute approximate surface area is 146 Å². The highest BCUT2D eigenvalue weighted by molar-refractivity contribution is 7.14. The number of amides is 1. The summed E-state index contributed by atoms with van der Waals surface area (Å²) in [7, 11) is 0. The maximum Gasteiger partial charge on any atom is 0.225 e. The number of rotatable bonds is 5. The van der Waals surface area contributed by atoms with Gasteiger partial charge in [0.25, 0.3) is 0 Å². The molecule has 24 heavy (non-hydrogen) atoms. The number of hydrogen-bond acceptors (Lipinski definition) is 5. The first-order valence-corrected chi connectivity index (χ1v) is 9.52. The van der Waals surface area contributed by atoms with Gasteiger partial charge in [0.1, 0.15) is 0 Å². The van der Waals surface area contributed by atoms with Crippen molar-refractivity contribution in [2.24, 2.45) is 0 Å². The summed E-state index contributed by atoms with van der Waals surface area (Å²) in [5.74, 6) is 0.111. The summed E-state index contributed by atoms with van der Waals surface area (Å²) in [6, 6.07) is 0.949. The Morgan fingerprint density at radius 1 is 1.33 bits per heavy atom. The predicted molar refractivity (Wildman–Crippen MR) is 94.1 cm³/mol. The number of imidazole rings is 1. The molecule has 3 heterocycles. The standard InChI is InChI=1S/C17H23N5OS/c1-13(23)22(16-2-3-16)17-19-14(11-24-17)10-20-7-4-15(5-8-20)21-9-6-18-12-21/h6,9,11-12,15-16H,2-5,7-8,10H2,1H3. The number of likely N-dealkylation sites (tertiary alicyclic amines) is 1. The van der Waals surface area contributed by atoms with Gasteiger partial charge in [0.05, 0.1) is 12.0 Å². The molecule has 1 amide bonds. The van der Waals surface area contributed by atoms with E-state index < -0.39 is 0 Å². The van der Waals surface area contributed by atoms with Crippen LogP contribution in [0.4, 0.5) is 5.13 Å². The smallest absolute Gasteiger partial charge is 0.225 e. The Morgan fingerprint density at radius 3 is 2.75 bits per heavy atom. The van der Waals surface area contributed by atoms with Crippen LogP contribution in [0.2, 0.25) is 0 Å². The van der Waals surface area contributed by atoms with E-state index in [0.29, 0.717) is 12.1 Å². The second-order valence-corrected chi connectivity index (χ2v) is 7.60. The molecule has 0 bridgehead atoms. The zero-order valence-corrected chi connectivity index (χ0v) is 14.8. The predicted octanol–water partition coefficient (Wildman–Crippen LogP) is 2.69. The van der Waals surface area contributed by atoms with Crippen LogP contribution in [0.5, 0.6) is 0 Å². The first-order chi connectivity index (χ1) is 11.7. The fraction of sp³-hybridized carbons (Fsp3) is 0.588. The summed E-state index contributed by atoms with van der Waals surface area (Å²) in [6.45, 7) is 4.67. The van der Waals surface area contributed by atoms with Gasteiger partial charge in [0.15, 0.2) is 5.13 Å². The second kappa shape index (κ2) is 6.64. The largest absolute Gasteiger partial charge is 0.334 e. The third-order valence-corrected chi connectivity index (χ3v) is 5.77.